The Morgan fingerprint density at radius 1 is 0.324 bits per heavy atom. The molecule has 0 amide bonds. The second-order valence-electron chi connectivity index (χ2n) is 17.8. The zero-order valence-electron chi connectivity index (χ0n) is 38.0. The van der Waals surface area contributed by atoms with Gasteiger partial charge in [-0.05, 0) is 102 Å². The number of hydrogen-bond donors (Lipinski definition) is 0. The number of benzene rings is 10. The van der Waals surface area contributed by atoms with Gasteiger partial charge in [0.1, 0.15) is 0 Å². The zero-order valence-corrected chi connectivity index (χ0v) is 39.0. The average molecular weight is 956 g/mol. The van der Waals surface area contributed by atoms with Crippen LogP contribution in [0.25, 0.3) is 22.3 Å². The Morgan fingerprint density at radius 3 is 1.14 bits per heavy atom. The quantitative estimate of drug-likeness (QED) is 0.0750. The summed E-state index contributed by atoms with van der Waals surface area (Å²) in [5, 5.41) is 4.35. The van der Waals surface area contributed by atoms with E-state index in [1.54, 1.807) is 0 Å². The molecule has 0 heterocycles. The summed E-state index contributed by atoms with van der Waals surface area (Å²) in [4.78, 5) is 2.12. The van der Waals surface area contributed by atoms with Crippen molar-refractivity contribution in [3.05, 3.63) is 294 Å². The van der Waals surface area contributed by atoms with E-state index < -0.39 is 37.0 Å². The maximum Gasteiger partial charge on any atom is 0.416 e. The molecule has 347 valence electrons. The summed E-state index contributed by atoms with van der Waals surface area (Å²) < 4.78 is 90.0. The van der Waals surface area contributed by atoms with Crippen molar-refractivity contribution in [1.29, 1.82) is 0 Å². The lowest BCUT2D eigenvalue weighted by atomic mass is 9.67. The maximum absolute atomic E-state index is 15.0. The largest absolute Gasteiger partial charge is 0.416 e. The number of para-hydroxylation sites is 2. The normalized spacial score (nSPS) is 13.0. The zero-order chi connectivity index (χ0) is 48.8. The first-order chi connectivity index (χ1) is 34.5. The van der Waals surface area contributed by atoms with Crippen molar-refractivity contribution in [3.63, 3.8) is 0 Å². The van der Waals surface area contributed by atoms with Crippen LogP contribution in [0.2, 0.25) is 0 Å². The van der Waals surface area contributed by atoms with Gasteiger partial charge in [0.05, 0.1) is 22.2 Å². The minimum Gasteiger partial charge on any atom is -0.310 e. The van der Waals surface area contributed by atoms with Crippen LogP contribution in [0.15, 0.2) is 261 Å². The van der Waals surface area contributed by atoms with Gasteiger partial charge in [-0.3, -0.25) is 0 Å². The number of alkyl halides is 6. The summed E-state index contributed by atoms with van der Waals surface area (Å²) in [7, 11) is -3.09. The third-order valence-corrected chi connectivity index (χ3v) is 18.8. The lowest BCUT2D eigenvalue weighted by molar-refractivity contribution is -0.138. The van der Waals surface area contributed by atoms with Crippen LogP contribution >= 0.6 is 0 Å². The average Bonchev–Trinajstić information content (AvgIpc) is 3.71. The van der Waals surface area contributed by atoms with Gasteiger partial charge >= 0.3 is 12.4 Å². The van der Waals surface area contributed by atoms with E-state index in [4.69, 9.17) is 0 Å². The Hall–Kier alpha value is -8.20. The molecular formula is C63H43F6NSi-. The molecule has 1 aliphatic carbocycles. The van der Waals surface area contributed by atoms with Crippen LogP contribution in [0, 0.1) is 0 Å². The molecule has 10 aromatic rings. The molecule has 0 radical (unpaired) electrons. The Morgan fingerprint density at radius 2 is 0.690 bits per heavy atom. The van der Waals surface area contributed by atoms with E-state index in [1.165, 1.54) is 12.1 Å². The fraction of sp³-hybridized carbons (Fsp3) is 0.0476. The van der Waals surface area contributed by atoms with Gasteiger partial charge in [-0.1, -0.05) is 206 Å². The minimum absolute atomic E-state index is 0.245. The van der Waals surface area contributed by atoms with E-state index in [0.717, 1.165) is 73.2 Å². The van der Waals surface area contributed by atoms with Crippen LogP contribution < -0.4 is 25.6 Å². The second-order valence-corrected chi connectivity index (χ2v) is 21.6. The molecule has 0 bridgehead atoms. The van der Waals surface area contributed by atoms with Gasteiger partial charge in [0, 0.05) is 16.9 Å². The highest BCUT2D eigenvalue weighted by Crippen LogP contribution is 2.58. The van der Waals surface area contributed by atoms with Gasteiger partial charge in [-0.2, -0.15) is 47.1 Å². The van der Waals surface area contributed by atoms with Gasteiger partial charge in [-0.25, -0.2) is 0 Å². The number of nitrogens with zero attached hydrogens (tertiary/aromatic N) is 1. The Bertz CT molecular complexity index is 3310. The third-order valence-electron chi connectivity index (χ3n) is 14.0. The van der Waals surface area contributed by atoms with Gasteiger partial charge in [0.25, 0.3) is 0 Å². The first-order valence-electron chi connectivity index (χ1n) is 23.3. The molecule has 1 nitrogen and oxygen atoms in total. The van der Waals surface area contributed by atoms with Crippen LogP contribution in [0.3, 0.4) is 0 Å². The molecule has 0 saturated carbocycles. The molecule has 0 aromatic heterocycles. The lowest BCUT2D eigenvalue weighted by Gasteiger charge is -2.47. The first-order valence-corrected chi connectivity index (χ1v) is 25.3. The Labute approximate surface area is 409 Å². The second kappa shape index (κ2) is 18.0. The van der Waals surface area contributed by atoms with Crippen molar-refractivity contribution in [2.24, 2.45) is 0 Å². The van der Waals surface area contributed by atoms with Crippen molar-refractivity contribution in [2.45, 2.75) is 17.8 Å². The summed E-state index contributed by atoms with van der Waals surface area (Å²) in [5.41, 5.74) is 3.41. The Kier molecular flexibility index (Phi) is 11.4. The molecule has 11 rings (SSSR count). The smallest absolute Gasteiger partial charge is 0.310 e. The molecule has 8 heteroatoms. The van der Waals surface area contributed by atoms with Gasteiger partial charge in [0.15, 0.2) is 0 Å². The number of hydrogen-bond acceptors (Lipinski definition) is 1. The molecule has 0 N–H and O–H groups in total. The highest BCUT2D eigenvalue weighted by atomic mass is 28.3. The Balaban J connectivity index is 1.18. The standard InChI is InChI=1S/C63H43F6NSi/c64-62(65,66)47-34-40-56-57-41-35-48(63(67,68)69)43-59(57)61(58(56)42-47,45-30-36-50(37-31-45)70(49-20-8-2-9-21-49)60-29-17-16-28-55(60)44-18-6-1-7-19-44)46-32-38-54(39-33-46)71(51-22-10-3-11-23-51,52-24-12-4-13-25-52)53-26-14-5-15-27-53/h1-43H/q-1. The van der Waals surface area contributed by atoms with Crippen molar-refractivity contribution in [3.8, 4) is 22.3 Å². The van der Waals surface area contributed by atoms with E-state index in [1.807, 2.05) is 182 Å². The molecule has 0 unspecified atom stereocenters. The van der Waals surface area contributed by atoms with Crippen LogP contribution in [0.4, 0.5) is 43.4 Å². The number of rotatable bonds is 10. The van der Waals surface area contributed by atoms with Crippen molar-refractivity contribution < 1.29 is 26.3 Å². The molecule has 0 atom stereocenters. The topological polar surface area (TPSA) is 3.24 Å². The summed E-state index contributed by atoms with van der Waals surface area (Å²) in [6.45, 7) is 0. The van der Waals surface area contributed by atoms with Gasteiger partial charge in [-0.15, -0.1) is 0 Å². The predicted octanol–water partition coefficient (Wildman–Crippen LogP) is 14.6. The molecule has 1 aliphatic rings. The van der Waals surface area contributed by atoms with E-state index in [-0.39, 0.29) is 11.1 Å². The van der Waals surface area contributed by atoms with Crippen LogP contribution in [-0.2, 0) is 17.8 Å². The molecule has 71 heavy (non-hydrogen) atoms. The van der Waals surface area contributed by atoms with Crippen LogP contribution in [0.1, 0.15) is 33.4 Å². The maximum atomic E-state index is 15.0. The SMILES string of the molecule is FC(F)(F)c1ccc2c(c1)C(c1ccc(N(c3ccccc3)c3ccccc3-c3ccccc3)cc1)(c1ccc([Si-](c3ccccc3)(c3ccccc3)c3ccccc3)cc1)c1cc(C(F)(F)F)ccc1-2. The predicted molar refractivity (Wildman–Crippen MR) is 277 cm³/mol. The minimum atomic E-state index is -4.74. The molecule has 10 aromatic carbocycles. The molecule has 0 saturated heterocycles. The van der Waals surface area contributed by atoms with E-state index in [9.17, 15) is 26.3 Å². The van der Waals surface area contributed by atoms with E-state index in [0.29, 0.717) is 22.3 Å². The van der Waals surface area contributed by atoms with Crippen LogP contribution in [0.5, 0.6) is 0 Å². The molecule has 0 aliphatic heterocycles. The number of halogens is 6. The van der Waals surface area contributed by atoms with E-state index >= 15 is 0 Å². The number of anilines is 3. The fourth-order valence-corrected chi connectivity index (χ4v) is 15.6. The molecular weight excluding hydrogens is 913 g/mol. The highest BCUT2D eigenvalue weighted by Gasteiger charge is 2.49. The highest BCUT2D eigenvalue weighted by molar-refractivity contribution is 7.19. The van der Waals surface area contributed by atoms with Crippen molar-refractivity contribution >= 4 is 45.9 Å². The molecule has 0 spiro atoms. The van der Waals surface area contributed by atoms with Crippen molar-refractivity contribution in [2.75, 3.05) is 4.90 Å². The van der Waals surface area contributed by atoms with Gasteiger partial charge < -0.3 is 4.90 Å². The summed E-state index contributed by atoms with van der Waals surface area (Å²) in [6.07, 6.45) is -9.48. The monoisotopic (exact) mass is 955 g/mol. The number of fused-ring (bicyclic) bond motifs is 3. The molecule has 0 fully saturated rings. The fourth-order valence-electron chi connectivity index (χ4n) is 10.9. The lowest BCUT2D eigenvalue weighted by Crippen LogP contribution is -2.74. The van der Waals surface area contributed by atoms with Crippen molar-refractivity contribution in [1.82, 2.24) is 0 Å². The van der Waals surface area contributed by atoms with Crippen LogP contribution in [-0.4, -0.2) is 8.07 Å². The van der Waals surface area contributed by atoms with E-state index in [2.05, 4.69) is 47.4 Å². The third kappa shape index (κ3) is 7.76. The summed E-state index contributed by atoms with van der Waals surface area (Å²) >= 11 is 0. The summed E-state index contributed by atoms with van der Waals surface area (Å²) in [5.74, 6) is 0. The van der Waals surface area contributed by atoms with Gasteiger partial charge in [0.2, 0.25) is 0 Å². The first kappa shape index (κ1) is 45.3. The summed E-state index contributed by atoms with van der Waals surface area (Å²) in [6, 6.07) is 81.5.